The number of benzene rings is 2. The van der Waals surface area contributed by atoms with E-state index in [9.17, 15) is 18.0 Å². The van der Waals surface area contributed by atoms with Crippen molar-refractivity contribution in [3.8, 4) is 11.5 Å². The number of ether oxygens (including phenoxy) is 2. The van der Waals surface area contributed by atoms with Crippen LogP contribution in [0.1, 0.15) is 68.3 Å². The van der Waals surface area contributed by atoms with Crippen LogP contribution in [0.25, 0.3) is 0 Å². The molecule has 33 heavy (non-hydrogen) atoms. The van der Waals surface area contributed by atoms with Crippen molar-refractivity contribution in [2.75, 3.05) is 13.7 Å². The molecular weight excluding hydrogens is 431 g/mol. The van der Waals surface area contributed by atoms with Gasteiger partial charge in [-0.3, -0.25) is 4.79 Å². The Morgan fingerprint density at radius 3 is 2.39 bits per heavy atom. The summed E-state index contributed by atoms with van der Waals surface area (Å²) in [6, 6.07) is 7.38. The van der Waals surface area contributed by atoms with Gasteiger partial charge < -0.3 is 14.8 Å². The van der Waals surface area contributed by atoms with Gasteiger partial charge in [0.1, 0.15) is 12.4 Å². The first-order valence-electron chi connectivity index (χ1n) is 11.5. The molecule has 0 heterocycles. The van der Waals surface area contributed by atoms with E-state index in [1.54, 1.807) is 24.3 Å². The third-order valence-electron chi connectivity index (χ3n) is 6.62. The number of hydrogen-bond acceptors (Lipinski definition) is 3. The summed E-state index contributed by atoms with van der Waals surface area (Å²) in [4.78, 5) is 12.5. The summed E-state index contributed by atoms with van der Waals surface area (Å²) >= 11 is 0. The zero-order chi connectivity index (χ0) is 24.0. The SMILES string of the molecule is CCCC1(C)CCC(CNC(=O)c2cc(F)c(OCc3ccc(OC)cc3)c(F)c2F)CC1. The predicted octanol–water partition coefficient (Wildman–Crippen LogP) is 6.42. The van der Waals surface area contributed by atoms with E-state index < -0.39 is 34.7 Å². The molecule has 2 aromatic carbocycles. The van der Waals surface area contributed by atoms with Gasteiger partial charge in [-0.05, 0) is 67.2 Å². The van der Waals surface area contributed by atoms with Crippen molar-refractivity contribution in [3.63, 3.8) is 0 Å². The molecule has 1 aliphatic carbocycles. The average molecular weight is 464 g/mol. The number of hydrogen-bond donors (Lipinski definition) is 1. The van der Waals surface area contributed by atoms with Crippen LogP contribution in [0.2, 0.25) is 0 Å². The molecule has 4 nitrogen and oxygen atoms in total. The molecule has 1 N–H and O–H groups in total. The van der Waals surface area contributed by atoms with Crippen LogP contribution in [0.5, 0.6) is 11.5 Å². The van der Waals surface area contributed by atoms with Gasteiger partial charge in [-0.25, -0.2) is 8.78 Å². The Bertz CT molecular complexity index is 954. The molecule has 0 radical (unpaired) electrons. The first-order valence-corrected chi connectivity index (χ1v) is 11.5. The van der Waals surface area contributed by atoms with Gasteiger partial charge in [0, 0.05) is 6.54 Å². The van der Waals surface area contributed by atoms with Crippen molar-refractivity contribution in [2.45, 2.75) is 59.0 Å². The maximum absolute atomic E-state index is 14.6. The predicted molar refractivity (Wildman–Crippen MR) is 121 cm³/mol. The molecule has 0 unspecified atom stereocenters. The van der Waals surface area contributed by atoms with Crippen LogP contribution in [0.15, 0.2) is 30.3 Å². The summed E-state index contributed by atoms with van der Waals surface area (Å²) in [5, 5.41) is 2.65. The minimum Gasteiger partial charge on any atom is -0.497 e. The van der Waals surface area contributed by atoms with Crippen molar-refractivity contribution in [2.24, 2.45) is 11.3 Å². The van der Waals surface area contributed by atoms with Gasteiger partial charge in [-0.15, -0.1) is 0 Å². The van der Waals surface area contributed by atoms with Crippen LogP contribution in [0, 0.1) is 28.8 Å². The number of nitrogens with one attached hydrogen (secondary N) is 1. The largest absolute Gasteiger partial charge is 0.497 e. The van der Waals surface area contributed by atoms with E-state index in [1.165, 1.54) is 13.5 Å². The average Bonchev–Trinajstić information content (AvgIpc) is 2.81. The fourth-order valence-corrected chi connectivity index (χ4v) is 4.52. The van der Waals surface area contributed by atoms with Crippen LogP contribution >= 0.6 is 0 Å². The molecule has 180 valence electrons. The van der Waals surface area contributed by atoms with Crippen LogP contribution in [-0.2, 0) is 6.61 Å². The standard InChI is InChI=1S/C26H32F3NO3/c1-4-11-26(2)12-9-17(10-13-26)15-30-25(31)20-14-21(27)24(23(29)22(20)28)33-16-18-5-7-19(32-3)8-6-18/h5-8,14,17H,4,9-13,15-16H2,1-3H3,(H,30,31). The second kappa shape index (κ2) is 10.9. The fourth-order valence-electron chi connectivity index (χ4n) is 4.52. The van der Waals surface area contributed by atoms with Crippen LogP contribution in [0.3, 0.4) is 0 Å². The molecule has 0 saturated heterocycles. The molecule has 0 spiro atoms. The highest BCUT2D eigenvalue weighted by atomic mass is 19.2. The topological polar surface area (TPSA) is 47.6 Å². The van der Waals surface area contributed by atoms with E-state index in [4.69, 9.17) is 9.47 Å². The van der Waals surface area contributed by atoms with Gasteiger partial charge in [-0.1, -0.05) is 32.4 Å². The van der Waals surface area contributed by atoms with E-state index in [1.807, 2.05) is 0 Å². The van der Waals surface area contributed by atoms with Crippen molar-refractivity contribution in [1.29, 1.82) is 0 Å². The zero-order valence-corrected chi connectivity index (χ0v) is 19.5. The van der Waals surface area contributed by atoms with Crippen molar-refractivity contribution in [3.05, 3.63) is 58.9 Å². The Labute approximate surface area is 193 Å². The summed E-state index contributed by atoms with van der Waals surface area (Å²) < 4.78 is 53.8. The smallest absolute Gasteiger partial charge is 0.254 e. The minimum atomic E-state index is -1.51. The molecule has 0 aliphatic heterocycles. The quantitative estimate of drug-likeness (QED) is 0.437. The molecule has 2 aromatic rings. The molecule has 1 fully saturated rings. The maximum atomic E-state index is 14.6. The molecule has 3 rings (SSSR count). The third kappa shape index (κ3) is 6.21. The van der Waals surface area contributed by atoms with E-state index in [-0.39, 0.29) is 12.5 Å². The minimum absolute atomic E-state index is 0.165. The lowest BCUT2D eigenvalue weighted by atomic mass is 9.69. The lowest BCUT2D eigenvalue weighted by molar-refractivity contribution is 0.0925. The van der Waals surface area contributed by atoms with E-state index >= 15 is 0 Å². The van der Waals surface area contributed by atoms with Crippen molar-refractivity contribution in [1.82, 2.24) is 5.32 Å². The van der Waals surface area contributed by atoms with Crippen LogP contribution in [-0.4, -0.2) is 19.6 Å². The number of carbonyl (C=O) groups is 1. The van der Waals surface area contributed by atoms with Crippen molar-refractivity contribution >= 4 is 5.91 Å². The van der Waals surface area contributed by atoms with Gasteiger partial charge in [0.25, 0.3) is 5.91 Å². The molecule has 0 bridgehead atoms. The van der Waals surface area contributed by atoms with E-state index in [2.05, 4.69) is 19.2 Å². The Kier molecular flexibility index (Phi) is 8.27. The number of amides is 1. The molecule has 0 atom stereocenters. The van der Waals surface area contributed by atoms with Gasteiger partial charge in [0.05, 0.1) is 12.7 Å². The number of rotatable bonds is 9. The molecule has 1 amide bonds. The Morgan fingerprint density at radius 2 is 1.79 bits per heavy atom. The number of methoxy groups -OCH3 is 1. The molecule has 1 aliphatic rings. The monoisotopic (exact) mass is 463 g/mol. The lowest BCUT2D eigenvalue weighted by Crippen LogP contribution is -2.34. The second-order valence-corrected chi connectivity index (χ2v) is 9.21. The lowest BCUT2D eigenvalue weighted by Gasteiger charge is -2.37. The van der Waals surface area contributed by atoms with Gasteiger partial charge in [0.15, 0.2) is 17.4 Å². The van der Waals surface area contributed by atoms with E-state index in [0.29, 0.717) is 29.3 Å². The molecule has 1 saturated carbocycles. The highest BCUT2D eigenvalue weighted by molar-refractivity contribution is 5.94. The highest BCUT2D eigenvalue weighted by Crippen LogP contribution is 2.41. The second-order valence-electron chi connectivity index (χ2n) is 9.21. The van der Waals surface area contributed by atoms with Gasteiger partial charge in [-0.2, -0.15) is 4.39 Å². The number of carbonyl (C=O) groups excluding carboxylic acids is 1. The summed E-state index contributed by atoms with van der Waals surface area (Å²) in [5.74, 6) is -4.82. The summed E-state index contributed by atoms with van der Waals surface area (Å²) in [6.45, 7) is 4.67. The molecule has 0 aromatic heterocycles. The Morgan fingerprint density at radius 1 is 1.12 bits per heavy atom. The number of halogens is 3. The zero-order valence-electron chi connectivity index (χ0n) is 19.5. The third-order valence-corrected chi connectivity index (χ3v) is 6.62. The van der Waals surface area contributed by atoms with Gasteiger partial charge in [0.2, 0.25) is 5.82 Å². The summed E-state index contributed by atoms with van der Waals surface area (Å²) in [7, 11) is 1.52. The Balaban J connectivity index is 1.60. The van der Waals surface area contributed by atoms with Crippen LogP contribution in [0.4, 0.5) is 13.2 Å². The van der Waals surface area contributed by atoms with E-state index in [0.717, 1.165) is 32.1 Å². The first-order chi connectivity index (χ1) is 15.8. The maximum Gasteiger partial charge on any atom is 0.254 e. The fraction of sp³-hybridized carbons (Fsp3) is 0.500. The normalized spacial score (nSPS) is 20.4. The van der Waals surface area contributed by atoms with Gasteiger partial charge >= 0.3 is 0 Å². The molecule has 7 heteroatoms. The summed E-state index contributed by atoms with van der Waals surface area (Å²) in [5.41, 5.74) is 0.308. The van der Waals surface area contributed by atoms with Crippen LogP contribution < -0.4 is 14.8 Å². The van der Waals surface area contributed by atoms with Crippen molar-refractivity contribution < 1.29 is 27.4 Å². The first kappa shape index (κ1) is 24.9. The molecular formula is C26H32F3NO3. The summed E-state index contributed by atoms with van der Waals surface area (Å²) in [6.07, 6.45) is 6.44. The Hall–Kier alpha value is -2.70. The highest BCUT2D eigenvalue weighted by Gasteiger charge is 2.31.